The largest absolute Gasteiger partial charge is 0.573 e. The molecule has 2 aromatic carbocycles. The Labute approximate surface area is 236 Å². The van der Waals surface area contributed by atoms with E-state index in [1.807, 2.05) is 0 Å². The number of hydrogen-bond donors (Lipinski definition) is 1. The summed E-state index contributed by atoms with van der Waals surface area (Å²) in [6.45, 7) is 2.49. The number of nitrogens with one attached hydrogen (secondary N) is 1. The lowest BCUT2D eigenvalue weighted by Crippen LogP contribution is -2.43. The molecule has 0 fully saturated rings. The summed E-state index contributed by atoms with van der Waals surface area (Å²) >= 11 is 6.00. The van der Waals surface area contributed by atoms with E-state index in [4.69, 9.17) is 16.3 Å². The molecular weight excluding hydrogens is 591 g/mol. The average Bonchev–Trinajstić information content (AvgIpc) is 3.23. The zero-order valence-corrected chi connectivity index (χ0v) is 23.5. The molecule has 2 heterocycles. The van der Waals surface area contributed by atoms with Crippen LogP contribution >= 0.6 is 11.6 Å². The number of rotatable bonds is 10. The van der Waals surface area contributed by atoms with E-state index >= 15 is 0 Å². The molecule has 0 amide bonds. The van der Waals surface area contributed by atoms with Crippen molar-refractivity contribution in [1.82, 2.24) is 23.4 Å². The fraction of sp³-hybridized carbons (Fsp3) is 0.320. The minimum absolute atomic E-state index is 0.00909. The Morgan fingerprint density at radius 2 is 1.71 bits per heavy atom. The van der Waals surface area contributed by atoms with Crippen molar-refractivity contribution in [2.45, 2.75) is 38.5 Å². The first-order valence-electron chi connectivity index (χ1n) is 12.1. The summed E-state index contributed by atoms with van der Waals surface area (Å²) in [6.07, 6.45) is -4.92. The smallest absolute Gasteiger partial charge is 0.425 e. The number of fused-ring (bicyclic) bond motifs is 1. The van der Waals surface area contributed by atoms with Crippen LogP contribution in [0.3, 0.4) is 0 Å². The minimum Gasteiger partial charge on any atom is -0.425 e. The molecule has 4 rings (SSSR count). The molecule has 41 heavy (non-hydrogen) atoms. The maximum absolute atomic E-state index is 13.6. The second-order valence-electron chi connectivity index (χ2n) is 9.19. The molecule has 0 radical (unpaired) electrons. The predicted molar refractivity (Wildman–Crippen MR) is 145 cm³/mol. The zero-order chi connectivity index (χ0) is 30.1. The molecule has 0 aliphatic heterocycles. The number of alkyl halides is 3. The second kappa shape index (κ2) is 11.6. The van der Waals surface area contributed by atoms with Gasteiger partial charge in [0, 0.05) is 31.2 Å². The van der Waals surface area contributed by atoms with Crippen molar-refractivity contribution in [3.05, 3.63) is 80.0 Å². The molecule has 0 spiro atoms. The molecular formula is C25H25ClF3N5O6S. The van der Waals surface area contributed by atoms with E-state index in [2.05, 4.69) is 14.4 Å². The second-order valence-corrected chi connectivity index (χ2v) is 11.9. The van der Waals surface area contributed by atoms with E-state index < -0.39 is 38.6 Å². The number of sulfonamides is 1. The molecule has 11 nitrogen and oxygen atoms in total. The van der Waals surface area contributed by atoms with Gasteiger partial charge < -0.3 is 9.47 Å². The number of aromatic nitrogens is 4. The van der Waals surface area contributed by atoms with Gasteiger partial charge in [-0.3, -0.25) is 18.5 Å². The average molecular weight is 616 g/mol. The lowest BCUT2D eigenvalue weighted by atomic mass is 10.2. The monoisotopic (exact) mass is 615 g/mol. The highest BCUT2D eigenvalue weighted by Crippen LogP contribution is 2.30. The Bertz CT molecular complexity index is 1800. The fourth-order valence-electron chi connectivity index (χ4n) is 3.85. The minimum atomic E-state index is -4.92. The van der Waals surface area contributed by atoms with Gasteiger partial charge in [-0.25, -0.2) is 17.9 Å². The molecule has 0 saturated carbocycles. The van der Waals surface area contributed by atoms with Crippen molar-refractivity contribution in [1.29, 1.82) is 0 Å². The molecule has 16 heteroatoms. The Morgan fingerprint density at radius 3 is 2.34 bits per heavy atom. The van der Waals surface area contributed by atoms with Gasteiger partial charge in [0.05, 0.1) is 11.8 Å². The maximum atomic E-state index is 13.6. The number of halogens is 4. The van der Waals surface area contributed by atoms with E-state index in [0.29, 0.717) is 10.6 Å². The molecule has 0 aliphatic carbocycles. The highest BCUT2D eigenvalue weighted by atomic mass is 35.5. The van der Waals surface area contributed by atoms with E-state index in [-0.39, 0.29) is 42.6 Å². The lowest BCUT2D eigenvalue weighted by molar-refractivity contribution is -0.274. The van der Waals surface area contributed by atoms with Gasteiger partial charge in [0.1, 0.15) is 11.5 Å². The Kier molecular flexibility index (Phi) is 8.52. The quantitative estimate of drug-likeness (QED) is 0.289. The highest BCUT2D eigenvalue weighted by molar-refractivity contribution is 7.90. The van der Waals surface area contributed by atoms with Crippen LogP contribution in [-0.2, 0) is 30.2 Å². The molecule has 4 aromatic rings. The molecule has 0 atom stereocenters. The van der Waals surface area contributed by atoms with Crippen molar-refractivity contribution in [2.75, 3.05) is 6.54 Å². The molecule has 2 aromatic heterocycles. The van der Waals surface area contributed by atoms with E-state index in [1.165, 1.54) is 37.6 Å². The fourth-order valence-corrected chi connectivity index (χ4v) is 4.69. The number of benzene rings is 2. The van der Waals surface area contributed by atoms with Gasteiger partial charge in [-0.2, -0.15) is 4.98 Å². The van der Waals surface area contributed by atoms with Gasteiger partial charge in [0.15, 0.2) is 11.2 Å². The molecule has 0 aliphatic rings. The number of aryl methyl sites for hydroxylation is 1. The van der Waals surface area contributed by atoms with Gasteiger partial charge in [-0.1, -0.05) is 29.8 Å². The van der Waals surface area contributed by atoms with Crippen molar-refractivity contribution >= 4 is 32.8 Å². The SMILES string of the molecule is CC(C)S(=O)(=O)NCCn1c(=O)c2c(nc(Oc3cccc(OC(F)(F)F)c3)n2Cc2ccc(Cl)cc2)n(C)c1=O. The van der Waals surface area contributed by atoms with E-state index in [0.717, 1.165) is 21.3 Å². The van der Waals surface area contributed by atoms with Crippen molar-refractivity contribution < 1.29 is 31.1 Å². The van der Waals surface area contributed by atoms with E-state index in [1.54, 1.807) is 24.3 Å². The standard InChI is InChI=1S/C25H25ClF3N5O6S/c1-15(2)41(37,38)30-11-12-33-22(35)20-21(32(3)24(33)36)31-23(34(20)14-16-7-9-17(26)10-8-16)39-18-5-4-6-19(13-18)40-25(27,28)29/h4-10,13,15,30H,11-12,14H2,1-3H3. The first-order valence-corrected chi connectivity index (χ1v) is 14.1. The van der Waals surface area contributed by atoms with Crippen LogP contribution in [0.25, 0.3) is 11.2 Å². The number of imidazole rings is 1. The number of hydrogen-bond acceptors (Lipinski definition) is 7. The highest BCUT2D eigenvalue weighted by Gasteiger charge is 2.31. The maximum Gasteiger partial charge on any atom is 0.573 e. The third-order valence-corrected chi connectivity index (χ3v) is 8.06. The summed E-state index contributed by atoms with van der Waals surface area (Å²) in [7, 11) is -2.27. The third-order valence-electron chi connectivity index (χ3n) is 5.96. The zero-order valence-electron chi connectivity index (χ0n) is 22.0. The summed E-state index contributed by atoms with van der Waals surface area (Å²) < 4.78 is 77.9. The number of nitrogens with zero attached hydrogens (tertiary/aromatic N) is 4. The van der Waals surface area contributed by atoms with Crippen LogP contribution in [0, 0.1) is 0 Å². The van der Waals surface area contributed by atoms with Gasteiger partial charge in [0.25, 0.3) is 5.56 Å². The normalized spacial score (nSPS) is 12.3. The van der Waals surface area contributed by atoms with Crippen LogP contribution in [0.5, 0.6) is 17.5 Å². The molecule has 1 N–H and O–H groups in total. The van der Waals surface area contributed by atoms with Gasteiger partial charge in [-0.05, 0) is 43.7 Å². The summed E-state index contributed by atoms with van der Waals surface area (Å²) in [5.74, 6) is -0.609. The summed E-state index contributed by atoms with van der Waals surface area (Å²) in [5.41, 5.74) is -0.957. The van der Waals surface area contributed by atoms with Gasteiger partial charge >= 0.3 is 18.1 Å². The van der Waals surface area contributed by atoms with Crippen LogP contribution in [0.4, 0.5) is 13.2 Å². The first-order chi connectivity index (χ1) is 19.2. The Balaban J connectivity index is 1.82. The molecule has 0 saturated heterocycles. The van der Waals surface area contributed by atoms with Gasteiger partial charge in [0.2, 0.25) is 10.0 Å². The van der Waals surface area contributed by atoms with Crippen LogP contribution < -0.4 is 25.4 Å². The molecule has 220 valence electrons. The summed E-state index contributed by atoms with van der Waals surface area (Å²) in [6, 6.07) is 11.2. The Morgan fingerprint density at radius 1 is 1.05 bits per heavy atom. The topological polar surface area (TPSA) is 126 Å². The van der Waals surface area contributed by atoms with Crippen LogP contribution in [0.2, 0.25) is 5.02 Å². The van der Waals surface area contributed by atoms with Gasteiger partial charge in [-0.15, -0.1) is 13.2 Å². The van der Waals surface area contributed by atoms with Crippen LogP contribution in [0.15, 0.2) is 58.1 Å². The molecule has 0 bridgehead atoms. The van der Waals surface area contributed by atoms with Crippen molar-refractivity contribution in [2.24, 2.45) is 7.05 Å². The third kappa shape index (κ3) is 6.92. The van der Waals surface area contributed by atoms with Crippen molar-refractivity contribution in [3.63, 3.8) is 0 Å². The van der Waals surface area contributed by atoms with Crippen LogP contribution in [-0.4, -0.2) is 45.3 Å². The van der Waals surface area contributed by atoms with Crippen molar-refractivity contribution in [3.8, 4) is 17.5 Å². The number of ether oxygens (including phenoxy) is 2. The predicted octanol–water partition coefficient (Wildman–Crippen LogP) is 3.62. The lowest BCUT2D eigenvalue weighted by Gasteiger charge is -2.13. The van der Waals surface area contributed by atoms with Crippen LogP contribution in [0.1, 0.15) is 19.4 Å². The Hall–Kier alpha value is -3.82. The molecule has 0 unspecified atom stereocenters. The van der Waals surface area contributed by atoms with E-state index in [9.17, 15) is 31.2 Å². The summed E-state index contributed by atoms with van der Waals surface area (Å²) in [4.78, 5) is 31.0. The summed E-state index contributed by atoms with van der Waals surface area (Å²) in [5, 5.41) is -0.249. The first kappa shape index (κ1) is 30.1.